The predicted molar refractivity (Wildman–Crippen MR) is 103 cm³/mol. The van der Waals surface area contributed by atoms with Gasteiger partial charge in [0.1, 0.15) is 5.82 Å². The highest BCUT2D eigenvalue weighted by Gasteiger charge is 2.21. The van der Waals surface area contributed by atoms with Crippen LogP contribution in [0.4, 0.5) is 0 Å². The fraction of sp³-hybridized carbons (Fsp3) is 0.500. The Hall–Kier alpha value is -2.70. The zero-order valence-electron chi connectivity index (χ0n) is 16.3. The summed E-state index contributed by atoms with van der Waals surface area (Å²) >= 11 is 0. The van der Waals surface area contributed by atoms with E-state index in [0.29, 0.717) is 29.6 Å². The number of fused-ring (bicyclic) bond motifs is 1. The van der Waals surface area contributed by atoms with Crippen LogP contribution in [0, 0.1) is 0 Å². The second-order valence-corrected chi connectivity index (χ2v) is 7.03. The highest BCUT2D eigenvalue weighted by molar-refractivity contribution is 5.81. The predicted octanol–water partition coefficient (Wildman–Crippen LogP) is 2.43. The van der Waals surface area contributed by atoms with Crippen LogP contribution in [0.3, 0.4) is 0 Å². The summed E-state index contributed by atoms with van der Waals surface area (Å²) in [6.07, 6.45) is 1.09. The molecular formula is C20H27N3O4. The highest BCUT2D eigenvalue weighted by Crippen LogP contribution is 2.08. The van der Waals surface area contributed by atoms with Crippen molar-refractivity contribution in [2.75, 3.05) is 6.61 Å². The molecule has 0 saturated carbocycles. The van der Waals surface area contributed by atoms with Crippen molar-refractivity contribution < 1.29 is 14.3 Å². The number of para-hydroxylation sites is 1. The summed E-state index contributed by atoms with van der Waals surface area (Å²) in [6, 6.07) is 7.21. The van der Waals surface area contributed by atoms with Gasteiger partial charge in [0.25, 0.3) is 11.5 Å². The average Bonchev–Trinajstić information content (AvgIpc) is 2.59. The van der Waals surface area contributed by atoms with Gasteiger partial charge in [-0.15, -0.1) is 0 Å². The summed E-state index contributed by atoms with van der Waals surface area (Å²) in [5.74, 6) is -0.0961. The summed E-state index contributed by atoms with van der Waals surface area (Å²) in [5.41, 5.74) is 0.443. The number of nitrogens with one attached hydrogen (secondary N) is 1. The lowest BCUT2D eigenvalue weighted by Crippen LogP contribution is -2.44. The van der Waals surface area contributed by atoms with Crippen LogP contribution in [-0.4, -0.2) is 45.4 Å². The van der Waals surface area contributed by atoms with Crippen LogP contribution >= 0.6 is 0 Å². The lowest BCUT2D eigenvalue weighted by Gasteiger charge is -2.30. The van der Waals surface area contributed by atoms with Crippen molar-refractivity contribution in [3.63, 3.8) is 0 Å². The average molecular weight is 373 g/mol. The van der Waals surface area contributed by atoms with Crippen molar-refractivity contribution in [3.8, 4) is 0 Å². The summed E-state index contributed by atoms with van der Waals surface area (Å²) < 4.78 is 5.09. The molecular weight excluding hydrogens is 346 g/mol. The standard InChI is InChI=1S/C20H27N3O4/c1-13(2)23(14(3)4)18(24)12-27-19(25)11-7-10-17-21-16-9-6-5-8-15(16)20(26)22-17/h5-6,8-9,13-14H,7,10-12H2,1-4H3,(H,21,22,26). The molecule has 0 atom stereocenters. The van der Waals surface area contributed by atoms with E-state index in [1.807, 2.05) is 33.8 Å². The number of nitrogens with zero attached hydrogens (tertiary/aromatic N) is 2. The Kier molecular flexibility index (Phi) is 7.10. The number of aryl methyl sites for hydroxylation is 1. The van der Waals surface area contributed by atoms with Crippen molar-refractivity contribution in [2.24, 2.45) is 0 Å². The first-order valence-electron chi connectivity index (χ1n) is 9.24. The molecule has 0 radical (unpaired) electrons. The topological polar surface area (TPSA) is 92.4 Å². The second kappa shape index (κ2) is 9.30. The number of rotatable bonds is 8. The summed E-state index contributed by atoms with van der Waals surface area (Å²) in [5, 5.41) is 0.541. The highest BCUT2D eigenvalue weighted by atomic mass is 16.5. The van der Waals surface area contributed by atoms with Crippen LogP contribution in [-0.2, 0) is 20.7 Å². The Bertz CT molecular complexity index is 850. The van der Waals surface area contributed by atoms with Crippen LogP contribution < -0.4 is 5.56 Å². The maximum atomic E-state index is 12.2. The van der Waals surface area contributed by atoms with Gasteiger partial charge in [-0.25, -0.2) is 4.98 Å². The van der Waals surface area contributed by atoms with E-state index in [0.717, 1.165) is 0 Å². The van der Waals surface area contributed by atoms with Crippen LogP contribution in [0.25, 0.3) is 10.9 Å². The molecule has 0 fully saturated rings. The van der Waals surface area contributed by atoms with Gasteiger partial charge in [0.15, 0.2) is 6.61 Å². The van der Waals surface area contributed by atoms with Crippen molar-refractivity contribution in [2.45, 2.75) is 59.0 Å². The summed E-state index contributed by atoms with van der Waals surface area (Å²) in [7, 11) is 0. The molecule has 1 N–H and O–H groups in total. The van der Waals surface area contributed by atoms with Crippen molar-refractivity contribution in [1.29, 1.82) is 0 Å². The number of H-pyrrole nitrogens is 1. The van der Waals surface area contributed by atoms with Crippen molar-refractivity contribution in [1.82, 2.24) is 14.9 Å². The quantitative estimate of drug-likeness (QED) is 0.718. The number of carbonyl (C=O) groups is 2. The summed E-state index contributed by atoms with van der Waals surface area (Å²) in [4.78, 5) is 44.9. The van der Waals surface area contributed by atoms with E-state index in [4.69, 9.17) is 4.74 Å². The first-order chi connectivity index (χ1) is 12.8. The third kappa shape index (κ3) is 5.64. The van der Waals surface area contributed by atoms with E-state index < -0.39 is 5.97 Å². The number of aromatic amines is 1. The molecule has 2 rings (SSSR count). The number of ether oxygens (including phenoxy) is 1. The molecule has 0 spiro atoms. The normalized spacial score (nSPS) is 11.2. The first kappa shape index (κ1) is 20.6. The minimum absolute atomic E-state index is 0.0482. The molecule has 0 aliphatic rings. The van der Waals surface area contributed by atoms with Gasteiger partial charge in [-0.2, -0.15) is 0 Å². The Morgan fingerprint density at radius 1 is 1.15 bits per heavy atom. The zero-order chi connectivity index (χ0) is 20.0. The minimum Gasteiger partial charge on any atom is -0.456 e. The van der Waals surface area contributed by atoms with Gasteiger partial charge in [-0.1, -0.05) is 12.1 Å². The molecule has 27 heavy (non-hydrogen) atoms. The van der Waals surface area contributed by atoms with Gasteiger partial charge in [-0.3, -0.25) is 14.4 Å². The lowest BCUT2D eigenvalue weighted by molar-refractivity contribution is -0.153. The molecule has 0 aliphatic heterocycles. The molecule has 0 saturated heterocycles. The smallest absolute Gasteiger partial charge is 0.306 e. The molecule has 2 aromatic rings. The van der Waals surface area contributed by atoms with Gasteiger partial charge in [0.05, 0.1) is 10.9 Å². The second-order valence-electron chi connectivity index (χ2n) is 7.03. The van der Waals surface area contributed by atoms with Gasteiger partial charge < -0.3 is 14.6 Å². The van der Waals surface area contributed by atoms with Crippen LogP contribution in [0.5, 0.6) is 0 Å². The molecule has 0 aliphatic carbocycles. The lowest BCUT2D eigenvalue weighted by atomic mass is 10.2. The van der Waals surface area contributed by atoms with Gasteiger partial charge >= 0.3 is 5.97 Å². The fourth-order valence-corrected chi connectivity index (χ4v) is 3.11. The molecule has 0 bridgehead atoms. The van der Waals surface area contributed by atoms with E-state index in [-0.39, 0.29) is 36.6 Å². The Morgan fingerprint density at radius 2 is 1.81 bits per heavy atom. The Labute approximate surface area is 158 Å². The molecule has 1 amide bonds. The number of hydrogen-bond donors (Lipinski definition) is 1. The van der Waals surface area contributed by atoms with Crippen LogP contribution in [0.2, 0.25) is 0 Å². The Morgan fingerprint density at radius 3 is 2.48 bits per heavy atom. The monoisotopic (exact) mass is 373 g/mol. The van der Waals surface area contributed by atoms with Gasteiger partial charge in [0.2, 0.25) is 0 Å². The number of amides is 1. The fourth-order valence-electron chi connectivity index (χ4n) is 3.11. The van der Waals surface area contributed by atoms with E-state index in [1.165, 1.54) is 0 Å². The minimum atomic E-state index is -0.432. The molecule has 1 aromatic heterocycles. The maximum absolute atomic E-state index is 12.2. The van der Waals surface area contributed by atoms with Crippen LogP contribution in [0.15, 0.2) is 29.1 Å². The third-order valence-corrected chi connectivity index (χ3v) is 4.21. The first-order valence-corrected chi connectivity index (χ1v) is 9.24. The Balaban J connectivity index is 1.83. The molecule has 1 aromatic carbocycles. The molecule has 7 heteroatoms. The number of benzene rings is 1. The number of carbonyl (C=O) groups excluding carboxylic acids is 2. The zero-order valence-corrected chi connectivity index (χ0v) is 16.3. The number of esters is 1. The summed E-state index contributed by atoms with van der Waals surface area (Å²) in [6.45, 7) is 7.46. The molecule has 7 nitrogen and oxygen atoms in total. The maximum Gasteiger partial charge on any atom is 0.306 e. The van der Waals surface area contributed by atoms with E-state index >= 15 is 0 Å². The largest absolute Gasteiger partial charge is 0.456 e. The van der Waals surface area contributed by atoms with E-state index in [2.05, 4.69) is 9.97 Å². The van der Waals surface area contributed by atoms with Gasteiger partial charge in [-0.05, 0) is 46.2 Å². The van der Waals surface area contributed by atoms with E-state index in [1.54, 1.807) is 23.1 Å². The molecule has 0 unspecified atom stereocenters. The van der Waals surface area contributed by atoms with Gasteiger partial charge in [0, 0.05) is 24.9 Å². The number of hydrogen-bond acceptors (Lipinski definition) is 5. The SMILES string of the molecule is CC(C)N(C(=O)COC(=O)CCCc1nc2ccccc2c(=O)[nH]1)C(C)C. The van der Waals surface area contributed by atoms with E-state index in [9.17, 15) is 14.4 Å². The third-order valence-electron chi connectivity index (χ3n) is 4.21. The van der Waals surface area contributed by atoms with Crippen molar-refractivity contribution in [3.05, 3.63) is 40.4 Å². The number of aromatic nitrogens is 2. The molecule has 146 valence electrons. The molecule has 1 heterocycles. The van der Waals surface area contributed by atoms with Crippen molar-refractivity contribution >= 4 is 22.8 Å². The van der Waals surface area contributed by atoms with Crippen LogP contribution in [0.1, 0.15) is 46.4 Å².